The van der Waals surface area contributed by atoms with E-state index in [0.717, 1.165) is 6.42 Å². The predicted octanol–water partition coefficient (Wildman–Crippen LogP) is 5.21. The first kappa shape index (κ1) is 24.2. The van der Waals surface area contributed by atoms with Gasteiger partial charge < -0.3 is 15.4 Å². The zero-order valence-corrected chi connectivity index (χ0v) is 17.5. The molecule has 0 amide bonds. The smallest absolute Gasteiger partial charge is 0.372 e. The lowest BCUT2D eigenvalue weighted by atomic mass is 9.89. The van der Waals surface area contributed by atoms with E-state index < -0.39 is 35.1 Å². The maximum atomic E-state index is 13.1. The van der Waals surface area contributed by atoms with Crippen LogP contribution in [0.15, 0.2) is 36.7 Å². The molecule has 0 bridgehead atoms. The summed E-state index contributed by atoms with van der Waals surface area (Å²) in [5.41, 5.74) is -3.35. The van der Waals surface area contributed by atoms with Gasteiger partial charge in [-0.3, -0.25) is 0 Å². The number of aromatic nitrogens is 2. The molecule has 32 heavy (non-hydrogen) atoms. The number of nitrogens with one attached hydrogen (secondary N) is 2. The van der Waals surface area contributed by atoms with Gasteiger partial charge in [-0.2, -0.15) is 26.3 Å². The van der Waals surface area contributed by atoms with Crippen LogP contribution in [0, 0.1) is 0 Å². The second kappa shape index (κ2) is 9.22. The molecule has 0 spiro atoms. The van der Waals surface area contributed by atoms with E-state index in [0.29, 0.717) is 31.0 Å². The minimum atomic E-state index is -4.89. The summed E-state index contributed by atoms with van der Waals surface area (Å²) >= 11 is 0. The van der Waals surface area contributed by atoms with Crippen LogP contribution in [-0.4, -0.2) is 34.7 Å². The van der Waals surface area contributed by atoms with Crippen molar-refractivity contribution in [3.63, 3.8) is 0 Å². The highest BCUT2D eigenvalue weighted by atomic mass is 19.4. The molecular formula is C21H24F6N4O. The summed E-state index contributed by atoms with van der Waals surface area (Å²) in [7, 11) is 0. The van der Waals surface area contributed by atoms with Gasteiger partial charge in [-0.15, -0.1) is 0 Å². The molecule has 2 aromatic rings. The van der Waals surface area contributed by atoms with E-state index in [9.17, 15) is 26.3 Å². The van der Waals surface area contributed by atoms with Gasteiger partial charge in [0, 0.05) is 30.5 Å². The average molecular weight is 462 g/mol. The van der Waals surface area contributed by atoms with Crippen molar-refractivity contribution >= 4 is 5.95 Å². The van der Waals surface area contributed by atoms with E-state index in [-0.39, 0.29) is 24.3 Å². The number of rotatable bonds is 6. The minimum Gasteiger partial charge on any atom is -0.372 e. The van der Waals surface area contributed by atoms with E-state index in [4.69, 9.17) is 4.74 Å². The quantitative estimate of drug-likeness (QED) is 0.577. The van der Waals surface area contributed by atoms with Gasteiger partial charge in [-0.05, 0) is 56.5 Å². The summed E-state index contributed by atoms with van der Waals surface area (Å²) < 4.78 is 84.3. The molecule has 1 aliphatic heterocycles. The molecule has 3 atom stereocenters. The lowest BCUT2D eigenvalue weighted by Gasteiger charge is -2.39. The third-order valence-electron chi connectivity index (χ3n) is 5.45. The summed E-state index contributed by atoms with van der Waals surface area (Å²) in [6, 6.07) is 3.32. The topological polar surface area (TPSA) is 59.1 Å². The SMILES string of the molecule is C[C@@H](OC[C@@]1(C)CC[C@H](Nc2ncccn2)CN1)c1cc(C(F)(F)F)cc(C(F)(F)F)c1. The highest BCUT2D eigenvalue weighted by molar-refractivity contribution is 5.34. The highest BCUT2D eigenvalue weighted by Crippen LogP contribution is 2.38. The Balaban J connectivity index is 1.62. The lowest BCUT2D eigenvalue weighted by molar-refractivity contribution is -0.143. The van der Waals surface area contributed by atoms with Crippen molar-refractivity contribution < 1.29 is 31.1 Å². The van der Waals surface area contributed by atoms with E-state index in [1.54, 1.807) is 18.5 Å². The lowest BCUT2D eigenvalue weighted by Crippen LogP contribution is -2.55. The Hall–Kier alpha value is -2.40. The van der Waals surface area contributed by atoms with Crippen LogP contribution in [0.1, 0.15) is 49.5 Å². The Morgan fingerprint density at radius 3 is 2.19 bits per heavy atom. The first-order valence-electron chi connectivity index (χ1n) is 10.1. The van der Waals surface area contributed by atoms with Crippen LogP contribution in [0.3, 0.4) is 0 Å². The number of alkyl halides is 6. The van der Waals surface area contributed by atoms with Gasteiger partial charge in [-0.25, -0.2) is 9.97 Å². The van der Waals surface area contributed by atoms with Gasteiger partial charge in [0.25, 0.3) is 0 Å². The number of piperidine rings is 1. The van der Waals surface area contributed by atoms with Crippen LogP contribution in [-0.2, 0) is 17.1 Å². The van der Waals surface area contributed by atoms with Crippen LogP contribution < -0.4 is 10.6 Å². The van der Waals surface area contributed by atoms with Gasteiger partial charge in [0.15, 0.2) is 0 Å². The summed E-state index contributed by atoms with van der Waals surface area (Å²) in [4.78, 5) is 8.23. The molecule has 5 nitrogen and oxygen atoms in total. The molecule has 2 heterocycles. The minimum absolute atomic E-state index is 0.0840. The first-order chi connectivity index (χ1) is 14.9. The van der Waals surface area contributed by atoms with Crippen LogP contribution in [0.4, 0.5) is 32.3 Å². The Bertz CT molecular complexity index is 863. The number of halogens is 6. The third-order valence-corrected chi connectivity index (χ3v) is 5.45. The van der Waals surface area contributed by atoms with Crippen LogP contribution >= 0.6 is 0 Å². The standard InChI is InChI=1S/C21H24F6N4O/c1-13(14-8-15(20(22,23)24)10-16(9-14)21(25,26)27)32-12-19(2)5-4-17(11-30-19)31-18-28-6-3-7-29-18/h3,6-10,13,17,30H,4-5,11-12H2,1-2H3,(H,28,29,31)/t13-,17+,19-/m1/s1. The average Bonchev–Trinajstić information content (AvgIpc) is 2.73. The molecule has 0 saturated carbocycles. The molecule has 11 heteroatoms. The van der Waals surface area contributed by atoms with E-state index in [1.165, 1.54) is 6.92 Å². The molecule has 1 aromatic heterocycles. The van der Waals surface area contributed by atoms with Crippen LogP contribution in [0.25, 0.3) is 0 Å². The maximum absolute atomic E-state index is 13.1. The van der Waals surface area contributed by atoms with Crippen LogP contribution in [0.2, 0.25) is 0 Å². The number of anilines is 1. The molecule has 3 rings (SSSR count). The number of hydrogen-bond donors (Lipinski definition) is 2. The molecule has 0 aliphatic carbocycles. The highest BCUT2D eigenvalue weighted by Gasteiger charge is 2.38. The summed E-state index contributed by atoms with van der Waals surface area (Å²) in [6.07, 6.45) is -6.03. The Kier molecular flexibility index (Phi) is 6.99. The molecule has 1 aromatic carbocycles. The van der Waals surface area contributed by atoms with Gasteiger partial charge >= 0.3 is 12.4 Å². The first-order valence-corrected chi connectivity index (χ1v) is 10.1. The van der Waals surface area contributed by atoms with Crippen molar-refractivity contribution in [2.24, 2.45) is 0 Å². The van der Waals surface area contributed by atoms with Crippen molar-refractivity contribution in [1.82, 2.24) is 15.3 Å². The Labute approximate surface area is 181 Å². The largest absolute Gasteiger partial charge is 0.416 e. The number of hydrogen-bond acceptors (Lipinski definition) is 5. The second-order valence-electron chi connectivity index (χ2n) is 8.19. The van der Waals surface area contributed by atoms with Gasteiger partial charge in [0.05, 0.1) is 23.8 Å². The molecular weight excluding hydrogens is 438 g/mol. The third kappa shape index (κ3) is 6.32. The second-order valence-corrected chi connectivity index (χ2v) is 8.19. The molecule has 1 fully saturated rings. The fourth-order valence-corrected chi connectivity index (χ4v) is 3.47. The summed E-state index contributed by atoms with van der Waals surface area (Å²) in [5, 5.41) is 6.55. The molecule has 0 unspecified atom stereocenters. The van der Waals surface area contributed by atoms with E-state index in [1.807, 2.05) is 6.92 Å². The van der Waals surface area contributed by atoms with Crippen LogP contribution in [0.5, 0.6) is 0 Å². The fraction of sp³-hybridized carbons (Fsp3) is 0.524. The van der Waals surface area contributed by atoms with Gasteiger partial charge in [0.1, 0.15) is 0 Å². The zero-order valence-electron chi connectivity index (χ0n) is 17.5. The monoisotopic (exact) mass is 462 g/mol. The Morgan fingerprint density at radius 2 is 1.69 bits per heavy atom. The molecule has 0 radical (unpaired) electrons. The van der Waals surface area contributed by atoms with Crippen molar-refractivity contribution in [2.75, 3.05) is 18.5 Å². The van der Waals surface area contributed by atoms with Crippen molar-refractivity contribution in [3.05, 3.63) is 53.3 Å². The van der Waals surface area contributed by atoms with Gasteiger partial charge in [0.2, 0.25) is 5.95 Å². The normalized spacial score (nSPS) is 23.1. The number of benzene rings is 1. The predicted molar refractivity (Wildman–Crippen MR) is 106 cm³/mol. The zero-order chi connectivity index (χ0) is 23.6. The van der Waals surface area contributed by atoms with E-state index >= 15 is 0 Å². The summed E-state index contributed by atoms with van der Waals surface area (Å²) in [5.74, 6) is 0.512. The molecule has 176 valence electrons. The fourth-order valence-electron chi connectivity index (χ4n) is 3.47. The number of nitrogens with zero attached hydrogens (tertiary/aromatic N) is 2. The van der Waals surface area contributed by atoms with E-state index in [2.05, 4.69) is 20.6 Å². The van der Waals surface area contributed by atoms with Crippen molar-refractivity contribution in [3.8, 4) is 0 Å². The number of ether oxygens (including phenoxy) is 1. The Morgan fingerprint density at radius 1 is 1.09 bits per heavy atom. The van der Waals surface area contributed by atoms with Gasteiger partial charge in [-0.1, -0.05) is 0 Å². The molecule has 1 aliphatic rings. The van der Waals surface area contributed by atoms with Crippen molar-refractivity contribution in [2.45, 2.75) is 56.7 Å². The van der Waals surface area contributed by atoms with Crippen molar-refractivity contribution in [1.29, 1.82) is 0 Å². The maximum Gasteiger partial charge on any atom is 0.416 e. The molecule has 2 N–H and O–H groups in total. The molecule has 1 saturated heterocycles. The summed E-state index contributed by atoms with van der Waals surface area (Å²) in [6.45, 7) is 4.05.